The van der Waals surface area contributed by atoms with E-state index in [1.165, 1.54) is 47.4 Å². The fourth-order valence-corrected chi connectivity index (χ4v) is 2.82. The first-order valence-electron chi connectivity index (χ1n) is 8.84. The molecular weight excluding hydrogens is 418 g/mol. The van der Waals surface area contributed by atoms with Crippen molar-refractivity contribution in [3.8, 4) is 17.1 Å². The van der Waals surface area contributed by atoms with Crippen LogP contribution in [0.2, 0.25) is 0 Å². The maximum atomic E-state index is 13.4. The van der Waals surface area contributed by atoms with Gasteiger partial charge < -0.3 is 4.74 Å². The number of benzene rings is 1. The Morgan fingerprint density at radius 3 is 2.65 bits per heavy atom. The number of halogens is 4. The van der Waals surface area contributed by atoms with Crippen LogP contribution in [0, 0.1) is 12.7 Å². The molecule has 3 heterocycles. The van der Waals surface area contributed by atoms with Crippen LogP contribution in [0.5, 0.6) is 5.75 Å². The van der Waals surface area contributed by atoms with Gasteiger partial charge in [-0.2, -0.15) is 13.2 Å². The maximum absolute atomic E-state index is 13.4. The fraction of sp³-hybridized carbons (Fsp3) is 0.100. The molecule has 0 bridgehead atoms. The Labute approximate surface area is 172 Å². The Kier molecular flexibility index (Phi) is 5.01. The number of aromatic nitrogens is 4. The van der Waals surface area contributed by atoms with Crippen molar-refractivity contribution in [2.45, 2.75) is 13.1 Å². The van der Waals surface area contributed by atoms with E-state index >= 15 is 0 Å². The number of aryl methyl sites for hydroxylation is 1. The highest BCUT2D eigenvalue weighted by atomic mass is 19.4. The summed E-state index contributed by atoms with van der Waals surface area (Å²) in [5.74, 6) is -0.117. The summed E-state index contributed by atoms with van der Waals surface area (Å²) in [5, 5.41) is 0. The van der Waals surface area contributed by atoms with Gasteiger partial charge in [-0.3, -0.25) is 4.68 Å². The van der Waals surface area contributed by atoms with Gasteiger partial charge in [0.05, 0.1) is 22.9 Å². The van der Waals surface area contributed by atoms with Crippen LogP contribution in [0.25, 0.3) is 22.4 Å². The van der Waals surface area contributed by atoms with Crippen molar-refractivity contribution in [3.63, 3.8) is 0 Å². The molecule has 0 aliphatic heterocycles. The lowest BCUT2D eigenvalue weighted by atomic mass is 10.2. The number of carbonyl (C=O) groups excluding carboxylic acids is 1. The molecule has 1 aromatic carbocycles. The molecule has 0 aliphatic rings. The Morgan fingerprint density at radius 2 is 1.94 bits per heavy atom. The minimum atomic E-state index is -4.57. The Hall–Kier alpha value is -4.02. The molecule has 158 valence electrons. The molecule has 0 saturated heterocycles. The van der Waals surface area contributed by atoms with Gasteiger partial charge in [-0.25, -0.2) is 29.6 Å². The number of alkyl halides is 3. The topological polar surface area (TPSA) is 81.9 Å². The van der Waals surface area contributed by atoms with Gasteiger partial charge in [0, 0.05) is 11.8 Å². The first-order valence-corrected chi connectivity index (χ1v) is 8.84. The van der Waals surface area contributed by atoms with Crippen molar-refractivity contribution in [1.29, 1.82) is 0 Å². The summed E-state index contributed by atoms with van der Waals surface area (Å²) >= 11 is 0. The van der Waals surface area contributed by atoms with Crippen LogP contribution in [0.1, 0.15) is 11.4 Å². The highest BCUT2D eigenvalue weighted by molar-refractivity contribution is 5.83. The van der Waals surface area contributed by atoms with Crippen molar-refractivity contribution >= 4 is 17.1 Å². The Bertz CT molecular complexity index is 1290. The van der Waals surface area contributed by atoms with Gasteiger partial charge in [0.25, 0.3) is 0 Å². The van der Waals surface area contributed by atoms with Crippen LogP contribution >= 0.6 is 0 Å². The van der Waals surface area contributed by atoms with Crippen molar-refractivity contribution in [2.24, 2.45) is 0 Å². The largest absolute Gasteiger partial charge is 0.433 e. The summed E-state index contributed by atoms with van der Waals surface area (Å²) in [4.78, 5) is 24.1. The fourth-order valence-electron chi connectivity index (χ4n) is 2.82. The second-order valence-electron chi connectivity index (χ2n) is 6.44. The molecule has 11 heteroatoms. The molecule has 0 radical (unpaired) electrons. The summed E-state index contributed by atoms with van der Waals surface area (Å²) in [6.45, 7) is 1.58. The standard InChI is InChI=1S/C20H13F4N5O2/c1-11-16(10-25-18(26-11)12-3-2-4-13(21)9-12)31-19(30)28-29-8-7-14-15(29)5-6-17(27-14)20(22,23)24/h2-10H,1H3,(H,28,30). The van der Waals surface area contributed by atoms with Crippen LogP contribution in [-0.2, 0) is 6.18 Å². The van der Waals surface area contributed by atoms with Gasteiger partial charge >= 0.3 is 12.3 Å². The van der Waals surface area contributed by atoms with Gasteiger partial charge in [0.15, 0.2) is 11.6 Å². The highest BCUT2D eigenvalue weighted by Crippen LogP contribution is 2.29. The van der Waals surface area contributed by atoms with Gasteiger partial charge in [0.2, 0.25) is 0 Å². The maximum Gasteiger partial charge on any atom is 0.433 e. The summed E-state index contributed by atoms with van der Waals surface area (Å²) in [6.07, 6.45) is -2.87. The zero-order chi connectivity index (χ0) is 22.2. The molecule has 4 aromatic rings. The smallest absolute Gasteiger partial charge is 0.406 e. The number of nitrogens with one attached hydrogen (secondary N) is 1. The average Bonchev–Trinajstić information content (AvgIpc) is 3.11. The van der Waals surface area contributed by atoms with Crippen molar-refractivity contribution in [3.05, 3.63) is 72.1 Å². The number of fused-ring (bicyclic) bond motifs is 1. The van der Waals surface area contributed by atoms with E-state index in [-0.39, 0.29) is 22.6 Å². The number of nitrogens with zero attached hydrogens (tertiary/aromatic N) is 4. The number of rotatable bonds is 3. The summed E-state index contributed by atoms with van der Waals surface area (Å²) < 4.78 is 58.1. The second-order valence-corrected chi connectivity index (χ2v) is 6.44. The zero-order valence-electron chi connectivity index (χ0n) is 15.8. The van der Waals surface area contributed by atoms with Crippen molar-refractivity contribution < 1.29 is 27.1 Å². The zero-order valence-corrected chi connectivity index (χ0v) is 15.8. The van der Waals surface area contributed by atoms with Crippen LogP contribution < -0.4 is 10.2 Å². The predicted octanol–water partition coefficient (Wildman–Crippen LogP) is 4.70. The minimum absolute atomic E-state index is 0.0501. The molecule has 0 saturated carbocycles. The number of hydrogen-bond donors (Lipinski definition) is 1. The number of ether oxygens (including phenoxy) is 1. The third-order valence-corrected chi connectivity index (χ3v) is 4.27. The lowest BCUT2D eigenvalue weighted by Crippen LogP contribution is -2.25. The highest BCUT2D eigenvalue weighted by Gasteiger charge is 2.32. The third kappa shape index (κ3) is 4.29. The predicted molar refractivity (Wildman–Crippen MR) is 102 cm³/mol. The third-order valence-electron chi connectivity index (χ3n) is 4.27. The van der Waals surface area contributed by atoms with E-state index in [0.29, 0.717) is 11.3 Å². The van der Waals surface area contributed by atoms with E-state index in [9.17, 15) is 22.4 Å². The van der Waals surface area contributed by atoms with E-state index in [1.807, 2.05) is 0 Å². The Balaban J connectivity index is 1.50. The summed E-state index contributed by atoms with van der Waals surface area (Å²) in [5.41, 5.74) is 2.44. The summed E-state index contributed by atoms with van der Waals surface area (Å²) in [6, 6.07) is 9.06. The first-order chi connectivity index (χ1) is 14.7. The normalized spacial score (nSPS) is 11.5. The van der Waals surface area contributed by atoms with E-state index in [1.54, 1.807) is 13.0 Å². The molecule has 0 atom stereocenters. The molecule has 1 N–H and O–H groups in total. The molecule has 0 unspecified atom stereocenters. The first kappa shape index (κ1) is 20.3. The average molecular weight is 431 g/mol. The van der Waals surface area contributed by atoms with E-state index < -0.39 is 23.8 Å². The van der Waals surface area contributed by atoms with Crippen molar-refractivity contribution in [2.75, 3.05) is 5.43 Å². The molecule has 0 spiro atoms. The van der Waals surface area contributed by atoms with Crippen LogP contribution in [-0.4, -0.2) is 25.7 Å². The lowest BCUT2D eigenvalue weighted by Gasteiger charge is -2.11. The second kappa shape index (κ2) is 7.67. The SMILES string of the molecule is Cc1nc(-c2cccc(F)c2)ncc1OC(=O)Nn1ccc2nc(C(F)(F)F)ccc21. The molecule has 4 rings (SSSR count). The Morgan fingerprint density at radius 1 is 1.13 bits per heavy atom. The van der Waals surface area contributed by atoms with E-state index in [0.717, 1.165) is 6.07 Å². The van der Waals surface area contributed by atoms with Gasteiger partial charge in [-0.15, -0.1) is 0 Å². The molecule has 31 heavy (non-hydrogen) atoms. The molecule has 0 aliphatic carbocycles. The molecule has 3 aromatic heterocycles. The van der Waals surface area contributed by atoms with Crippen LogP contribution in [0.3, 0.4) is 0 Å². The van der Waals surface area contributed by atoms with Gasteiger partial charge in [-0.1, -0.05) is 12.1 Å². The number of hydrogen-bond acceptors (Lipinski definition) is 5. The molecule has 7 nitrogen and oxygen atoms in total. The van der Waals surface area contributed by atoms with Crippen LogP contribution in [0.15, 0.2) is 54.9 Å². The monoisotopic (exact) mass is 431 g/mol. The lowest BCUT2D eigenvalue weighted by molar-refractivity contribution is -0.140. The van der Waals surface area contributed by atoms with E-state index in [4.69, 9.17) is 4.74 Å². The molecular formula is C20H13F4N5O2. The number of amides is 1. The molecule has 1 amide bonds. The van der Waals surface area contributed by atoms with Crippen molar-refractivity contribution in [1.82, 2.24) is 19.6 Å². The summed E-state index contributed by atoms with van der Waals surface area (Å²) in [7, 11) is 0. The minimum Gasteiger partial charge on any atom is -0.406 e. The van der Waals surface area contributed by atoms with Gasteiger partial charge in [-0.05, 0) is 37.3 Å². The molecule has 0 fully saturated rings. The van der Waals surface area contributed by atoms with Crippen LogP contribution in [0.4, 0.5) is 22.4 Å². The number of pyridine rings is 1. The quantitative estimate of drug-likeness (QED) is 0.476. The van der Waals surface area contributed by atoms with Gasteiger partial charge in [0.1, 0.15) is 11.5 Å². The van der Waals surface area contributed by atoms with E-state index in [2.05, 4.69) is 20.4 Å². The number of carbonyl (C=O) groups is 1.